The molecule has 2 heterocycles. The number of nitrogens with one attached hydrogen (secondary N) is 2. The minimum Gasteiger partial charge on any atom is -0.364 e. The van der Waals surface area contributed by atoms with Crippen LogP contribution in [0.25, 0.3) is 10.1 Å². The molecule has 2 amide bonds. The molecule has 0 saturated carbocycles. The Balaban J connectivity index is 1.54. The first-order valence-corrected chi connectivity index (χ1v) is 11.2. The number of anilines is 1. The number of thiophene rings is 2. The lowest BCUT2D eigenvalue weighted by Crippen LogP contribution is -2.35. The number of hydrogen-bond acceptors (Lipinski definition) is 6. The monoisotopic (exact) mass is 428 g/mol. The number of rotatable bonds is 8. The van der Waals surface area contributed by atoms with Gasteiger partial charge in [-0.15, -0.1) is 22.7 Å². The van der Waals surface area contributed by atoms with Gasteiger partial charge in [-0.1, -0.05) is 18.2 Å². The van der Waals surface area contributed by atoms with Gasteiger partial charge in [-0.25, -0.2) is 5.43 Å². The maximum atomic E-state index is 12.3. The lowest BCUT2D eigenvalue weighted by molar-refractivity contribution is -0.120. The Labute approximate surface area is 178 Å². The third kappa shape index (κ3) is 5.02. The highest BCUT2D eigenvalue weighted by Gasteiger charge is 2.13. The van der Waals surface area contributed by atoms with E-state index in [1.807, 2.05) is 41.9 Å². The molecular formula is C21H24N4O2S2. The fraction of sp³-hybridized carbons (Fsp3) is 0.286. The van der Waals surface area contributed by atoms with Gasteiger partial charge >= 0.3 is 0 Å². The summed E-state index contributed by atoms with van der Waals surface area (Å²) in [6, 6.07) is 9.93. The van der Waals surface area contributed by atoms with Gasteiger partial charge < -0.3 is 10.2 Å². The van der Waals surface area contributed by atoms with Crippen LogP contribution in [0, 0.1) is 0 Å². The number of hydrazone groups is 1. The van der Waals surface area contributed by atoms with E-state index in [-0.39, 0.29) is 18.4 Å². The first-order chi connectivity index (χ1) is 14.0. The third-order valence-electron chi connectivity index (χ3n) is 4.55. The van der Waals surface area contributed by atoms with Gasteiger partial charge in [0.25, 0.3) is 11.8 Å². The molecule has 2 aromatic heterocycles. The summed E-state index contributed by atoms with van der Waals surface area (Å²) in [5, 5.41) is 12.8. The quantitative estimate of drug-likeness (QED) is 0.419. The number of fused-ring (bicyclic) bond motifs is 1. The highest BCUT2D eigenvalue weighted by atomic mass is 32.1. The molecule has 6 nitrogen and oxygen atoms in total. The molecule has 152 valence electrons. The van der Waals surface area contributed by atoms with Gasteiger partial charge in [0, 0.05) is 39.5 Å². The number of hydrogen-bond donors (Lipinski definition) is 2. The van der Waals surface area contributed by atoms with Crippen LogP contribution >= 0.6 is 22.7 Å². The molecule has 0 saturated heterocycles. The number of benzene rings is 1. The predicted molar refractivity (Wildman–Crippen MR) is 122 cm³/mol. The minimum atomic E-state index is -0.364. The van der Waals surface area contributed by atoms with Gasteiger partial charge in [0.2, 0.25) is 0 Å². The van der Waals surface area contributed by atoms with Crippen LogP contribution in [0.15, 0.2) is 46.2 Å². The molecule has 1 aromatic carbocycles. The van der Waals surface area contributed by atoms with Crippen molar-refractivity contribution in [3.8, 4) is 0 Å². The summed E-state index contributed by atoms with van der Waals surface area (Å²) in [6.07, 6.45) is 0. The van der Waals surface area contributed by atoms with Crippen molar-refractivity contribution in [2.75, 3.05) is 24.5 Å². The molecule has 0 radical (unpaired) electrons. The van der Waals surface area contributed by atoms with Crippen LogP contribution in [0.4, 0.5) is 5.00 Å². The average molecular weight is 429 g/mol. The standard InChI is InChI=1S/C21H24N4O2S2/c1-4-25(5-2)20-10-15(12-29-20)21(27)22-11-19(26)24-23-14(3)17-13-28-18-9-7-6-8-16(17)18/h6-10,12-13H,4-5,11H2,1-3H3,(H,22,27)(H,24,26)/b23-14+. The second-order valence-corrected chi connectivity index (χ2v) is 8.21. The summed E-state index contributed by atoms with van der Waals surface area (Å²) in [6.45, 7) is 7.65. The summed E-state index contributed by atoms with van der Waals surface area (Å²) in [5.41, 5.74) is 4.80. The first-order valence-electron chi connectivity index (χ1n) is 9.44. The predicted octanol–water partition coefficient (Wildman–Crippen LogP) is 4.08. The van der Waals surface area contributed by atoms with Gasteiger partial charge in [0.05, 0.1) is 22.8 Å². The Morgan fingerprint density at radius 2 is 1.86 bits per heavy atom. The largest absolute Gasteiger partial charge is 0.364 e. The first kappa shape index (κ1) is 21.0. The van der Waals surface area contributed by atoms with Crippen LogP contribution in [0.2, 0.25) is 0 Å². The molecule has 0 spiro atoms. The molecule has 0 fully saturated rings. The van der Waals surface area contributed by atoms with E-state index >= 15 is 0 Å². The fourth-order valence-electron chi connectivity index (χ4n) is 2.91. The van der Waals surface area contributed by atoms with Crippen molar-refractivity contribution in [2.45, 2.75) is 20.8 Å². The smallest absolute Gasteiger partial charge is 0.259 e. The van der Waals surface area contributed by atoms with Crippen LogP contribution in [-0.4, -0.2) is 37.2 Å². The summed E-state index contributed by atoms with van der Waals surface area (Å²) < 4.78 is 1.18. The van der Waals surface area contributed by atoms with Crippen molar-refractivity contribution < 1.29 is 9.59 Å². The Hall–Kier alpha value is -2.71. The second-order valence-electron chi connectivity index (χ2n) is 6.41. The van der Waals surface area contributed by atoms with Gasteiger partial charge in [-0.3, -0.25) is 9.59 Å². The molecule has 0 bridgehead atoms. The van der Waals surface area contributed by atoms with E-state index in [2.05, 4.69) is 40.7 Å². The van der Waals surface area contributed by atoms with E-state index in [0.717, 1.165) is 34.8 Å². The highest BCUT2D eigenvalue weighted by Crippen LogP contribution is 2.26. The molecule has 0 aliphatic heterocycles. The van der Waals surface area contributed by atoms with E-state index in [4.69, 9.17) is 0 Å². The molecule has 29 heavy (non-hydrogen) atoms. The Kier molecular flexibility index (Phi) is 7.00. The summed E-state index contributed by atoms with van der Waals surface area (Å²) in [7, 11) is 0. The van der Waals surface area contributed by atoms with E-state index < -0.39 is 0 Å². The molecule has 0 unspecified atom stereocenters. The average Bonchev–Trinajstić information content (AvgIpc) is 3.39. The molecule has 3 rings (SSSR count). The molecule has 0 atom stereocenters. The van der Waals surface area contributed by atoms with E-state index in [1.165, 1.54) is 16.0 Å². The van der Waals surface area contributed by atoms with Crippen LogP contribution in [0.5, 0.6) is 0 Å². The fourth-order valence-corrected chi connectivity index (χ4v) is 4.94. The van der Waals surface area contributed by atoms with Crippen LogP contribution < -0.4 is 15.6 Å². The maximum Gasteiger partial charge on any atom is 0.259 e. The molecule has 0 aliphatic carbocycles. The molecule has 3 aromatic rings. The van der Waals surface area contributed by atoms with Crippen molar-refractivity contribution in [3.05, 3.63) is 52.2 Å². The lowest BCUT2D eigenvalue weighted by Gasteiger charge is -2.17. The molecule has 2 N–H and O–H groups in total. The summed E-state index contributed by atoms with van der Waals surface area (Å²) in [5.74, 6) is -0.629. The van der Waals surface area contributed by atoms with Crippen molar-refractivity contribution in [2.24, 2.45) is 5.10 Å². The van der Waals surface area contributed by atoms with Crippen LogP contribution in [-0.2, 0) is 4.79 Å². The summed E-state index contributed by atoms with van der Waals surface area (Å²) in [4.78, 5) is 26.6. The van der Waals surface area contributed by atoms with Gasteiger partial charge in [-0.2, -0.15) is 5.10 Å². The minimum absolute atomic E-state index is 0.129. The second kappa shape index (κ2) is 9.67. The number of amides is 2. The van der Waals surface area contributed by atoms with Gasteiger partial charge in [0.1, 0.15) is 0 Å². The zero-order valence-corrected chi connectivity index (χ0v) is 18.3. The highest BCUT2D eigenvalue weighted by molar-refractivity contribution is 7.17. The maximum absolute atomic E-state index is 12.3. The molecule has 8 heteroatoms. The molecule has 0 aliphatic rings. The topological polar surface area (TPSA) is 73.8 Å². The third-order valence-corrected chi connectivity index (χ3v) is 6.50. The van der Waals surface area contributed by atoms with Crippen molar-refractivity contribution in [3.63, 3.8) is 0 Å². The molecular weight excluding hydrogens is 404 g/mol. The number of carbonyl (C=O) groups excluding carboxylic acids is 2. The van der Waals surface area contributed by atoms with Crippen molar-refractivity contribution >= 4 is 55.3 Å². The van der Waals surface area contributed by atoms with Gasteiger partial charge in [0.15, 0.2) is 0 Å². The SMILES string of the molecule is CCN(CC)c1cc(C(=O)NCC(=O)N/N=C(\C)c2csc3ccccc23)cs1. The zero-order chi connectivity index (χ0) is 20.8. The van der Waals surface area contributed by atoms with E-state index in [0.29, 0.717) is 5.56 Å². The number of nitrogens with zero attached hydrogens (tertiary/aromatic N) is 2. The van der Waals surface area contributed by atoms with Crippen LogP contribution in [0.3, 0.4) is 0 Å². The lowest BCUT2D eigenvalue weighted by atomic mass is 10.1. The van der Waals surface area contributed by atoms with E-state index in [9.17, 15) is 9.59 Å². The van der Waals surface area contributed by atoms with Crippen LogP contribution in [0.1, 0.15) is 36.7 Å². The van der Waals surface area contributed by atoms with E-state index in [1.54, 1.807) is 11.3 Å². The number of carbonyl (C=O) groups is 2. The Morgan fingerprint density at radius 1 is 1.10 bits per heavy atom. The Bertz CT molecular complexity index is 1030. The van der Waals surface area contributed by atoms with Crippen molar-refractivity contribution in [1.82, 2.24) is 10.7 Å². The van der Waals surface area contributed by atoms with Crippen molar-refractivity contribution in [1.29, 1.82) is 0 Å². The van der Waals surface area contributed by atoms with Gasteiger partial charge in [-0.05, 0) is 32.9 Å². The zero-order valence-electron chi connectivity index (χ0n) is 16.7. The Morgan fingerprint density at radius 3 is 2.62 bits per heavy atom. The normalized spacial score (nSPS) is 11.5. The summed E-state index contributed by atoms with van der Waals surface area (Å²) >= 11 is 3.17.